The molecule has 21 heavy (non-hydrogen) atoms. The summed E-state index contributed by atoms with van der Waals surface area (Å²) in [5, 5.41) is 4.22. The number of halogens is 2. The summed E-state index contributed by atoms with van der Waals surface area (Å²) in [6, 6.07) is 9.21. The fraction of sp³-hybridized carbons (Fsp3) is 0.250. The molecule has 0 spiro atoms. The van der Waals surface area contributed by atoms with Crippen molar-refractivity contribution in [3.63, 3.8) is 0 Å². The topological polar surface area (TPSA) is 42.0 Å². The van der Waals surface area contributed by atoms with Crippen molar-refractivity contribution in [2.45, 2.75) is 26.3 Å². The number of pyridine rings is 1. The van der Waals surface area contributed by atoms with E-state index < -0.39 is 0 Å². The Labute approximate surface area is 134 Å². The van der Waals surface area contributed by atoms with Crippen LogP contribution in [0.3, 0.4) is 0 Å². The summed E-state index contributed by atoms with van der Waals surface area (Å²) in [4.78, 5) is 15.8. The van der Waals surface area contributed by atoms with Crippen LogP contribution in [-0.2, 0) is 6.54 Å². The van der Waals surface area contributed by atoms with Crippen molar-refractivity contribution < 1.29 is 4.79 Å². The van der Waals surface area contributed by atoms with E-state index in [9.17, 15) is 4.79 Å². The number of carbonyl (C=O) groups excluding carboxylic acids is 1. The normalized spacial score (nSPS) is 10.4. The van der Waals surface area contributed by atoms with Crippen LogP contribution in [0.4, 0.5) is 5.69 Å². The number of Topliss-reactive ketones (excluding diaryl/α,β-unsaturated/α-hetero) is 1. The van der Waals surface area contributed by atoms with Gasteiger partial charge in [-0.05, 0) is 36.8 Å². The van der Waals surface area contributed by atoms with Gasteiger partial charge in [-0.15, -0.1) is 0 Å². The summed E-state index contributed by atoms with van der Waals surface area (Å²) in [5.74, 6) is 0.172. The average Bonchev–Trinajstić information content (AvgIpc) is 2.49. The molecule has 0 aliphatic rings. The highest BCUT2D eigenvalue weighted by atomic mass is 35.5. The maximum atomic E-state index is 11.8. The van der Waals surface area contributed by atoms with Gasteiger partial charge >= 0.3 is 0 Å². The van der Waals surface area contributed by atoms with Crippen molar-refractivity contribution in [2.24, 2.45) is 0 Å². The number of carbonyl (C=O) groups is 1. The second-order valence-corrected chi connectivity index (χ2v) is 5.50. The van der Waals surface area contributed by atoms with Crippen LogP contribution in [0, 0.1) is 0 Å². The van der Waals surface area contributed by atoms with Crippen molar-refractivity contribution in [1.82, 2.24) is 4.98 Å². The van der Waals surface area contributed by atoms with E-state index in [2.05, 4.69) is 10.3 Å². The van der Waals surface area contributed by atoms with Gasteiger partial charge in [0.2, 0.25) is 0 Å². The summed E-state index contributed by atoms with van der Waals surface area (Å²) < 4.78 is 0. The molecule has 0 amide bonds. The standard InChI is InChI=1S/C16H16Cl2N2O/c1-2-3-15(21)11-4-6-14(7-5-11)19-9-12-8-13(17)10-20-16(12)18/h4-8,10,19H,2-3,9H2,1H3. The summed E-state index contributed by atoms with van der Waals surface area (Å²) in [5.41, 5.74) is 2.49. The molecule has 1 aromatic heterocycles. The van der Waals surface area contributed by atoms with Gasteiger partial charge in [0.05, 0.1) is 5.02 Å². The quantitative estimate of drug-likeness (QED) is 0.602. The number of anilines is 1. The molecule has 0 aliphatic heterocycles. The SMILES string of the molecule is CCCC(=O)c1ccc(NCc2cc(Cl)cnc2Cl)cc1. The molecule has 0 bridgehead atoms. The molecule has 0 fully saturated rings. The number of hydrogen-bond donors (Lipinski definition) is 1. The zero-order valence-electron chi connectivity index (χ0n) is 11.7. The summed E-state index contributed by atoms with van der Waals surface area (Å²) in [6.07, 6.45) is 2.96. The lowest BCUT2D eigenvalue weighted by Gasteiger charge is -2.08. The number of rotatable bonds is 6. The minimum Gasteiger partial charge on any atom is -0.381 e. The number of nitrogens with one attached hydrogen (secondary N) is 1. The molecule has 0 radical (unpaired) electrons. The van der Waals surface area contributed by atoms with Crippen LogP contribution in [0.2, 0.25) is 10.2 Å². The maximum absolute atomic E-state index is 11.8. The van der Waals surface area contributed by atoms with E-state index in [-0.39, 0.29) is 5.78 Å². The summed E-state index contributed by atoms with van der Waals surface area (Å²) in [6.45, 7) is 2.52. The molecule has 0 unspecified atom stereocenters. The van der Waals surface area contributed by atoms with Gasteiger partial charge in [0, 0.05) is 36.0 Å². The van der Waals surface area contributed by atoms with E-state index in [1.54, 1.807) is 6.07 Å². The van der Waals surface area contributed by atoms with Crippen LogP contribution in [0.1, 0.15) is 35.7 Å². The zero-order valence-corrected chi connectivity index (χ0v) is 13.2. The third-order valence-electron chi connectivity index (χ3n) is 3.05. The molecule has 2 aromatic rings. The minimum atomic E-state index is 0.172. The first-order chi connectivity index (χ1) is 10.1. The first kappa shape index (κ1) is 15.8. The van der Waals surface area contributed by atoms with Gasteiger partial charge in [-0.25, -0.2) is 4.98 Å². The fourth-order valence-electron chi connectivity index (χ4n) is 1.93. The molecule has 110 valence electrons. The molecule has 3 nitrogen and oxygen atoms in total. The van der Waals surface area contributed by atoms with E-state index in [1.807, 2.05) is 31.2 Å². The smallest absolute Gasteiger partial charge is 0.162 e. The average molecular weight is 323 g/mol. The van der Waals surface area contributed by atoms with Crippen LogP contribution in [-0.4, -0.2) is 10.8 Å². The van der Waals surface area contributed by atoms with Crippen molar-refractivity contribution in [2.75, 3.05) is 5.32 Å². The van der Waals surface area contributed by atoms with Crippen LogP contribution >= 0.6 is 23.2 Å². The summed E-state index contributed by atoms with van der Waals surface area (Å²) >= 11 is 11.9. The Morgan fingerprint density at radius 2 is 1.95 bits per heavy atom. The Morgan fingerprint density at radius 1 is 1.24 bits per heavy atom. The van der Waals surface area contributed by atoms with Crippen molar-refractivity contribution in [3.8, 4) is 0 Å². The molecule has 0 atom stereocenters. The molecule has 1 aromatic carbocycles. The molecule has 0 saturated heterocycles. The van der Waals surface area contributed by atoms with E-state index in [1.165, 1.54) is 6.20 Å². The highest BCUT2D eigenvalue weighted by molar-refractivity contribution is 6.32. The third kappa shape index (κ3) is 4.45. The Bertz CT molecular complexity index is 627. The van der Waals surface area contributed by atoms with E-state index in [4.69, 9.17) is 23.2 Å². The molecule has 1 N–H and O–H groups in total. The number of aromatic nitrogens is 1. The van der Waals surface area contributed by atoms with Gasteiger partial charge in [-0.2, -0.15) is 0 Å². The van der Waals surface area contributed by atoms with E-state index >= 15 is 0 Å². The zero-order chi connectivity index (χ0) is 15.2. The Kier molecular flexibility index (Phi) is 5.59. The second kappa shape index (κ2) is 7.43. The lowest BCUT2D eigenvalue weighted by atomic mass is 10.1. The van der Waals surface area contributed by atoms with Crippen LogP contribution < -0.4 is 5.32 Å². The number of benzene rings is 1. The largest absolute Gasteiger partial charge is 0.381 e. The maximum Gasteiger partial charge on any atom is 0.162 e. The lowest BCUT2D eigenvalue weighted by Crippen LogP contribution is -2.02. The molecular formula is C16H16Cl2N2O. The third-order valence-corrected chi connectivity index (χ3v) is 3.59. The van der Waals surface area contributed by atoms with Crippen LogP contribution in [0.25, 0.3) is 0 Å². The highest BCUT2D eigenvalue weighted by Crippen LogP contribution is 2.19. The van der Waals surface area contributed by atoms with Gasteiger partial charge in [-0.3, -0.25) is 4.79 Å². The van der Waals surface area contributed by atoms with Crippen LogP contribution in [0.15, 0.2) is 36.5 Å². The number of nitrogens with zero attached hydrogens (tertiary/aromatic N) is 1. The van der Waals surface area contributed by atoms with Crippen molar-refractivity contribution in [1.29, 1.82) is 0 Å². The van der Waals surface area contributed by atoms with Gasteiger partial charge in [0.1, 0.15) is 5.15 Å². The molecule has 5 heteroatoms. The second-order valence-electron chi connectivity index (χ2n) is 4.71. The van der Waals surface area contributed by atoms with Gasteiger partial charge in [0.25, 0.3) is 0 Å². The van der Waals surface area contributed by atoms with Crippen LogP contribution in [0.5, 0.6) is 0 Å². The monoisotopic (exact) mass is 322 g/mol. The van der Waals surface area contributed by atoms with Gasteiger partial charge < -0.3 is 5.32 Å². The predicted molar refractivity (Wildman–Crippen MR) is 87.3 cm³/mol. The first-order valence-corrected chi connectivity index (χ1v) is 7.52. The van der Waals surface area contributed by atoms with Crippen molar-refractivity contribution >= 4 is 34.7 Å². The van der Waals surface area contributed by atoms with Gasteiger partial charge in [0.15, 0.2) is 5.78 Å². The fourth-order valence-corrected chi connectivity index (χ4v) is 2.28. The molecule has 0 saturated carbocycles. The molecule has 1 heterocycles. The van der Waals surface area contributed by atoms with Crippen molar-refractivity contribution in [3.05, 3.63) is 57.8 Å². The van der Waals surface area contributed by atoms with Gasteiger partial charge in [-0.1, -0.05) is 30.1 Å². The van der Waals surface area contributed by atoms with E-state index in [0.29, 0.717) is 23.1 Å². The van der Waals surface area contributed by atoms with E-state index in [0.717, 1.165) is 23.2 Å². The Balaban J connectivity index is 2.00. The lowest BCUT2D eigenvalue weighted by molar-refractivity contribution is 0.0982. The Morgan fingerprint density at radius 3 is 2.62 bits per heavy atom. The minimum absolute atomic E-state index is 0.172. The predicted octanol–water partition coefficient (Wildman–Crippen LogP) is 4.98. The number of hydrogen-bond acceptors (Lipinski definition) is 3. The molecular weight excluding hydrogens is 307 g/mol. The number of ketones is 1. The molecule has 0 aliphatic carbocycles. The summed E-state index contributed by atoms with van der Waals surface area (Å²) in [7, 11) is 0. The molecule has 2 rings (SSSR count). The highest BCUT2D eigenvalue weighted by Gasteiger charge is 2.05. The first-order valence-electron chi connectivity index (χ1n) is 6.77. The Hall–Kier alpha value is -1.58.